The van der Waals surface area contributed by atoms with Crippen molar-refractivity contribution in [2.75, 3.05) is 31.6 Å². The number of esters is 2. The van der Waals surface area contributed by atoms with E-state index in [1.807, 2.05) is 0 Å². The summed E-state index contributed by atoms with van der Waals surface area (Å²) < 4.78 is 11.3. The second kappa shape index (κ2) is 12.2. The molecule has 0 radical (unpaired) electrons. The van der Waals surface area contributed by atoms with Crippen LogP contribution in [0.3, 0.4) is 0 Å². The zero-order valence-corrected chi connectivity index (χ0v) is 22.2. The minimum atomic E-state index is -1.18. The van der Waals surface area contributed by atoms with E-state index >= 15 is 0 Å². The third-order valence-electron chi connectivity index (χ3n) is 5.64. The molecule has 0 aliphatic carbocycles. The second-order valence-electron chi connectivity index (χ2n) is 8.16. The zero-order valence-electron chi connectivity index (χ0n) is 20.5. The first-order valence-corrected chi connectivity index (χ1v) is 13.7. The van der Waals surface area contributed by atoms with Crippen molar-refractivity contribution >= 4 is 62.8 Å². The highest BCUT2D eigenvalue weighted by Gasteiger charge is 2.32. The maximum atomic E-state index is 13.1. The van der Waals surface area contributed by atoms with Gasteiger partial charge in [-0.25, -0.2) is 4.98 Å². The van der Waals surface area contributed by atoms with Gasteiger partial charge in [0.15, 0.2) is 4.34 Å². The van der Waals surface area contributed by atoms with Gasteiger partial charge in [-0.15, -0.1) is 11.3 Å². The molecule has 1 aromatic heterocycles. The SMILES string of the molecule is CCOC(=O)C(Sc1nc2ccc(NC(=O)c3ccccc3C(=O)N3CCCC3)cc2s1)C(=O)OCC. The lowest BCUT2D eigenvalue weighted by Crippen LogP contribution is -2.30. The van der Waals surface area contributed by atoms with Gasteiger partial charge >= 0.3 is 11.9 Å². The fourth-order valence-corrected chi connectivity index (χ4v) is 6.09. The third-order valence-corrected chi connectivity index (χ3v) is 7.91. The molecular formula is C26H27N3O6S2. The Morgan fingerprint density at radius 1 is 1.00 bits per heavy atom. The number of thioether (sulfide) groups is 1. The van der Waals surface area contributed by atoms with Gasteiger partial charge in [0.05, 0.1) is 34.6 Å². The van der Waals surface area contributed by atoms with E-state index in [1.54, 1.807) is 61.2 Å². The number of anilines is 1. The van der Waals surface area contributed by atoms with Crippen LogP contribution in [0.5, 0.6) is 0 Å². The van der Waals surface area contributed by atoms with Gasteiger partial charge < -0.3 is 19.7 Å². The fraction of sp³-hybridized carbons (Fsp3) is 0.346. The number of ether oxygens (including phenoxy) is 2. The van der Waals surface area contributed by atoms with E-state index in [1.165, 1.54) is 11.3 Å². The number of nitrogens with one attached hydrogen (secondary N) is 1. The van der Waals surface area contributed by atoms with Gasteiger partial charge in [0.2, 0.25) is 5.25 Å². The molecular weight excluding hydrogens is 514 g/mol. The van der Waals surface area contributed by atoms with Crippen molar-refractivity contribution in [2.45, 2.75) is 36.3 Å². The van der Waals surface area contributed by atoms with Crippen LogP contribution in [-0.2, 0) is 19.1 Å². The Balaban J connectivity index is 1.52. The van der Waals surface area contributed by atoms with Crippen LogP contribution in [0.4, 0.5) is 5.69 Å². The van der Waals surface area contributed by atoms with E-state index in [4.69, 9.17) is 9.47 Å². The zero-order chi connectivity index (χ0) is 26.4. The van der Waals surface area contributed by atoms with Crippen LogP contribution < -0.4 is 5.32 Å². The smallest absolute Gasteiger partial charge is 0.331 e. The molecule has 9 nitrogen and oxygen atoms in total. The summed E-state index contributed by atoms with van der Waals surface area (Å²) >= 11 is 2.26. The monoisotopic (exact) mass is 541 g/mol. The Hall–Kier alpha value is -3.44. The molecule has 1 N–H and O–H groups in total. The second-order valence-corrected chi connectivity index (χ2v) is 10.5. The Labute approximate surface area is 222 Å². The van der Waals surface area contributed by atoms with Gasteiger partial charge in [-0.05, 0) is 57.0 Å². The molecule has 2 amide bonds. The molecule has 1 aliphatic heterocycles. The van der Waals surface area contributed by atoms with Crippen molar-refractivity contribution in [1.29, 1.82) is 0 Å². The number of aromatic nitrogens is 1. The van der Waals surface area contributed by atoms with Crippen LogP contribution in [-0.4, -0.2) is 65.2 Å². The molecule has 3 aromatic rings. The summed E-state index contributed by atoms with van der Waals surface area (Å²) in [6.45, 7) is 5.02. The standard InChI is InChI=1S/C26H27N3O6S2/c1-3-34-24(32)21(25(33)35-4-2)37-26-28-19-12-11-16(15-20(19)36-26)27-22(30)17-9-5-6-10-18(17)23(31)29-13-7-8-14-29/h5-6,9-12,15,21H,3-4,7-8,13-14H2,1-2H3,(H,27,30). The average Bonchev–Trinajstić information content (AvgIpc) is 3.57. The molecule has 1 fully saturated rings. The molecule has 0 bridgehead atoms. The Morgan fingerprint density at radius 3 is 2.30 bits per heavy atom. The van der Waals surface area contributed by atoms with Crippen molar-refractivity contribution < 1.29 is 28.7 Å². The molecule has 37 heavy (non-hydrogen) atoms. The summed E-state index contributed by atoms with van der Waals surface area (Å²) in [5, 5.41) is 1.69. The number of hydrogen-bond donors (Lipinski definition) is 1. The summed E-state index contributed by atoms with van der Waals surface area (Å²) in [5.74, 6) is -1.88. The van der Waals surface area contributed by atoms with Crippen LogP contribution in [0.1, 0.15) is 47.4 Å². The lowest BCUT2D eigenvalue weighted by Gasteiger charge is -2.17. The first-order valence-electron chi connectivity index (χ1n) is 12.0. The molecule has 1 aliphatic rings. The number of carbonyl (C=O) groups excluding carboxylic acids is 4. The van der Waals surface area contributed by atoms with Crippen molar-refractivity contribution in [3.63, 3.8) is 0 Å². The van der Waals surface area contributed by atoms with Crippen LogP contribution >= 0.6 is 23.1 Å². The maximum absolute atomic E-state index is 13.1. The largest absolute Gasteiger partial charge is 0.465 e. The predicted octanol–water partition coefficient (Wildman–Crippen LogP) is 4.37. The number of likely N-dealkylation sites (tertiary alicyclic amines) is 1. The van der Waals surface area contributed by atoms with Crippen LogP contribution in [0.2, 0.25) is 0 Å². The van der Waals surface area contributed by atoms with E-state index in [0.717, 1.165) is 29.3 Å². The van der Waals surface area contributed by atoms with E-state index in [0.29, 0.717) is 39.8 Å². The minimum Gasteiger partial charge on any atom is -0.465 e. The Kier molecular flexibility index (Phi) is 8.78. The number of thiazole rings is 1. The maximum Gasteiger partial charge on any atom is 0.331 e. The first-order chi connectivity index (χ1) is 17.9. The van der Waals surface area contributed by atoms with E-state index in [9.17, 15) is 19.2 Å². The Morgan fingerprint density at radius 2 is 1.65 bits per heavy atom. The number of benzene rings is 2. The summed E-state index contributed by atoms with van der Waals surface area (Å²) in [4.78, 5) is 56.9. The average molecular weight is 542 g/mol. The molecule has 0 saturated carbocycles. The summed E-state index contributed by atoms with van der Waals surface area (Å²) in [6, 6.07) is 12.0. The van der Waals surface area contributed by atoms with Gasteiger partial charge in [0.1, 0.15) is 0 Å². The predicted molar refractivity (Wildman–Crippen MR) is 142 cm³/mol. The highest BCUT2D eigenvalue weighted by molar-refractivity contribution is 8.03. The number of rotatable bonds is 9. The summed E-state index contributed by atoms with van der Waals surface area (Å²) in [7, 11) is 0. The number of nitrogens with zero attached hydrogens (tertiary/aromatic N) is 2. The van der Waals surface area contributed by atoms with Crippen LogP contribution in [0.25, 0.3) is 10.2 Å². The molecule has 194 valence electrons. The minimum absolute atomic E-state index is 0.138. The number of carbonyl (C=O) groups is 4. The topological polar surface area (TPSA) is 115 Å². The fourth-order valence-electron chi connectivity index (χ4n) is 3.92. The molecule has 1 saturated heterocycles. The molecule has 11 heteroatoms. The molecule has 0 spiro atoms. The normalized spacial score (nSPS) is 13.1. The Bertz CT molecular complexity index is 1300. The van der Waals surface area contributed by atoms with Gasteiger partial charge in [-0.3, -0.25) is 19.2 Å². The van der Waals surface area contributed by atoms with Gasteiger partial charge in [-0.1, -0.05) is 23.9 Å². The van der Waals surface area contributed by atoms with Crippen molar-refractivity contribution in [3.05, 3.63) is 53.6 Å². The highest BCUT2D eigenvalue weighted by Crippen LogP contribution is 2.34. The molecule has 2 heterocycles. The first kappa shape index (κ1) is 26.6. The summed E-state index contributed by atoms with van der Waals surface area (Å²) in [6.07, 6.45) is 1.94. The van der Waals surface area contributed by atoms with Gasteiger partial charge in [0, 0.05) is 18.8 Å². The van der Waals surface area contributed by atoms with Crippen molar-refractivity contribution in [1.82, 2.24) is 9.88 Å². The molecule has 4 rings (SSSR count). The highest BCUT2D eigenvalue weighted by atomic mass is 32.2. The van der Waals surface area contributed by atoms with Crippen molar-refractivity contribution in [3.8, 4) is 0 Å². The number of amides is 2. The number of hydrogen-bond acceptors (Lipinski definition) is 9. The van der Waals surface area contributed by atoms with E-state index in [2.05, 4.69) is 10.3 Å². The summed E-state index contributed by atoms with van der Waals surface area (Å²) in [5.41, 5.74) is 1.88. The quantitative estimate of drug-likeness (QED) is 0.241. The lowest BCUT2D eigenvalue weighted by molar-refractivity contribution is -0.152. The molecule has 0 unspecified atom stereocenters. The van der Waals surface area contributed by atoms with Crippen molar-refractivity contribution in [2.24, 2.45) is 0 Å². The third kappa shape index (κ3) is 6.28. The number of fused-ring (bicyclic) bond motifs is 1. The molecule has 0 atom stereocenters. The molecule has 2 aromatic carbocycles. The lowest BCUT2D eigenvalue weighted by atomic mass is 10.1. The van der Waals surface area contributed by atoms with E-state index in [-0.39, 0.29) is 25.0 Å². The van der Waals surface area contributed by atoms with Gasteiger partial charge in [0.25, 0.3) is 11.8 Å². The van der Waals surface area contributed by atoms with Crippen LogP contribution in [0, 0.1) is 0 Å². The van der Waals surface area contributed by atoms with Crippen LogP contribution in [0.15, 0.2) is 46.8 Å². The van der Waals surface area contributed by atoms with Gasteiger partial charge in [-0.2, -0.15) is 0 Å². The van der Waals surface area contributed by atoms with E-state index < -0.39 is 17.2 Å².